The number of amides is 1. The Morgan fingerprint density at radius 1 is 1.07 bits per heavy atom. The summed E-state index contributed by atoms with van der Waals surface area (Å²) in [5, 5.41) is 5.01. The number of aromatic nitrogens is 3. The molecule has 2 atom stereocenters. The van der Waals surface area contributed by atoms with Gasteiger partial charge in [-0.3, -0.25) is 9.69 Å². The summed E-state index contributed by atoms with van der Waals surface area (Å²) in [5.74, 6) is -0.00228. The lowest BCUT2D eigenvalue weighted by atomic mass is 9.91. The standard InChI is InChI=1S/C21H20ClFN4O/c1-13(2)20(28)26-18(14-3-7-16(22)8-4-14)11-19(27-21(26)24-12-25-27)15-5-9-17(23)10-6-15/h3-10,12-13,18-19H,11H2,1-2H3. The summed E-state index contributed by atoms with van der Waals surface area (Å²) < 4.78 is 15.2. The van der Waals surface area contributed by atoms with Crippen LogP contribution in [-0.4, -0.2) is 20.7 Å². The first-order chi connectivity index (χ1) is 13.5. The van der Waals surface area contributed by atoms with Gasteiger partial charge in [-0.15, -0.1) is 0 Å². The summed E-state index contributed by atoms with van der Waals surface area (Å²) >= 11 is 6.06. The first-order valence-electron chi connectivity index (χ1n) is 9.19. The molecule has 0 aliphatic carbocycles. The molecule has 5 nitrogen and oxygen atoms in total. The molecule has 1 aliphatic heterocycles. The van der Waals surface area contributed by atoms with Crippen LogP contribution in [-0.2, 0) is 4.79 Å². The van der Waals surface area contributed by atoms with Crippen molar-refractivity contribution in [2.45, 2.75) is 32.4 Å². The molecule has 1 amide bonds. The highest BCUT2D eigenvalue weighted by molar-refractivity contribution is 6.30. The van der Waals surface area contributed by atoms with Gasteiger partial charge in [0.15, 0.2) is 0 Å². The number of hydrogen-bond acceptors (Lipinski definition) is 3. The Bertz CT molecular complexity index is 984. The predicted octanol–water partition coefficient (Wildman–Crippen LogP) is 4.79. The second kappa shape index (κ2) is 7.36. The third-order valence-corrected chi connectivity index (χ3v) is 5.32. The van der Waals surface area contributed by atoms with Crippen molar-refractivity contribution >= 4 is 23.5 Å². The lowest BCUT2D eigenvalue weighted by molar-refractivity contribution is -0.122. The molecule has 144 valence electrons. The maximum Gasteiger partial charge on any atom is 0.232 e. The molecule has 28 heavy (non-hydrogen) atoms. The van der Waals surface area contributed by atoms with Crippen LogP contribution in [0, 0.1) is 11.7 Å². The average molecular weight is 399 g/mol. The van der Waals surface area contributed by atoms with Gasteiger partial charge < -0.3 is 0 Å². The van der Waals surface area contributed by atoms with E-state index < -0.39 is 0 Å². The van der Waals surface area contributed by atoms with Gasteiger partial charge in [-0.1, -0.05) is 49.7 Å². The lowest BCUT2D eigenvalue weighted by Crippen LogP contribution is -2.44. The van der Waals surface area contributed by atoms with Crippen molar-refractivity contribution in [3.05, 3.63) is 76.8 Å². The molecule has 1 aliphatic rings. The van der Waals surface area contributed by atoms with Crippen molar-refractivity contribution in [2.75, 3.05) is 4.90 Å². The summed E-state index contributed by atoms with van der Waals surface area (Å²) in [4.78, 5) is 19.2. The van der Waals surface area contributed by atoms with Crippen molar-refractivity contribution in [1.29, 1.82) is 0 Å². The third kappa shape index (κ3) is 3.29. The Kier molecular flexibility index (Phi) is 4.89. The van der Waals surface area contributed by atoms with Gasteiger partial charge in [-0.25, -0.2) is 9.07 Å². The highest BCUT2D eigenvalue weighted by Gasteiger charge is 2.39. The van der Waals surface area contributed by atoms with Crippen LogP contribution in [0.2, 0.25) is 5.02 Å². The molecule has 0 N–H and O–H groups in total. The molecule has 2 unspecified atom stereocenters. The highest BCUT2D eigenvalue weighted by atomic mass is 35.5. The summed E-state index contributed by atoms with van der Waals surface area (Å²) in [5.41, 5.74) is 1.89. The fourth-order valence-electron chi connectivity index (χ4n) is 3.66. The van der Waals surface area contributed by atoms with Crippen LogP contribution in [0.15, 0.2) is 54.9 Å². The van der Waals surface area contributed by atoms with Crippen LogP contribution in [0.3, 0.4) is 0 Å². The topological polar surface area (TPSA) is 51.0 Å². The second-order valence-corrected chi connectivity index (χ2v) is 7.67. The van der Waals surface area contributed by atoms with Gasteiger partial charge in [0.05, 0.1) is 12.1 Å². The maximum atomic E-state index is 13.4. The first kappa shape index (κ1) is 18.6. The number of nitrogens with zero attached hydrogens (tertiary/aromatic N) is 4. The Morgan fingerprint density at radius 2 is 1.68 bits per heavy atom. The van der Waals surface area contributed by atoms with E-state index in [2.05, 4.69) is 10.1 Å². The number of fused-ring (bicyclic) bond motifs is 1. The van der Waals surface area contributed by atoms with Gasteiger partial charge in [0.25, 0.3) is 0 Å². The molecule has 0 saturated heterocycles. The van der Waals surface area contributed by atoms with Crippen molar-refractivity contribution in [2.24, 2.45) is 5.92 Å². The number of hydrogen-bond donors (Lipinski definition) is 0. The van der Waals surface area contributed by atoms with Crippen LogP contribution in [0.25, 0.3) is 0 Å². The molecule has 0 fully saturated rings. The minimum atomic E-state index is -0.288. The van der Waals surface area contributed by atoms with Crippen LogP contribution in [0.1, 0.15) is 43.5 Å². The van der Waals surface area contributed by atoms with E-state index in [1.807, 2.05) is 38.1 Å². The minimum Gasteiger partial charge on any atom is -0.274 e. The Hall–Kier alpha value is -2.73. The van der Waals surface area contributed by atoms with Crippen LogP contribution in [0.5, 0.6) is 0 Å². The molecule has 2 aromatic carbocycles. The smallest absolute Gasteiger partial charge is 0.232 e. The molecule has 0 spiro atoms. The number of carbonyl (C=O) groups is 1. The van der Waals surface area contributed by atoms with Crippen molar-refractivity contribution < 1.29 is 9.18 Å². The predicted molar refractivity (Wildman–Crippen MR) is 106 cm³/mol. The van der Waals surface area contributed by atoms with Gasteiger partial charge >= 0.3 is 0 Å². The van der Waals surface area contributed by atoms with Gasteiger partial charge in [0.1, 0.15) is 12.1 Å². The van der Waals surface area contributed by atoms with Crippen LogP contribution < -0.4 is 4.90 Å². The summed E-state index contributed by atoms with van der Waals surface area (Å²) in [6.45, 7) is 3.74. The number of halogens is 2. The normalized spacial score (nSPS) is 19.0. The van der Waals surface area contributed by atoms with Crippen molar-refractivity contribution in [3.8, 4) is 0 Å². The zero-order chi connectivity index (χ0) is 19.8. The SMILES string of the molecule is CC(C)C(=O)N1c2ncnn2C(c2ccc(F)cc2)CC1c1ccc(Cl)cc1. The van der Waals surface area contributed by atoms with E-state index in [4.69, 9.17) is 11.6 Å². The zero-order valence-electron chi connectivity index (χ0n) is 15.6. The van der Waals surface area contributed by atoms with Crippen LogP contribution in [0.4, 0.5) is 10.3 Å². The Balaban J connectivity index is 1.84. The number of anilines is 1. The molecule has 0 saturated carbocycles. The largest absolute Gasteiger partial charge is 0.274 e. The van der Waals surface area contributed by atoms with Gasteiger partial charge in [-0.05, 0) is 41.8 Å². The Morgan fingerprint density at radius 3 is 2.32 bits per heavy atom. The minimum absolute atomic E-state index is 0.0215. The quantitative estimate of drug-likeness (QED) is 0.637. The van der Waals surface area contributed by atoms with Gasteiger partial charge in [0.2, 0.25) is 11.9 Å². The molecule has 0 bridgehead atoms. The Labute approximate surface area is 167 Å². The van der Waals surface area contributed by atoms with E-state index in [1.54, 1.807) is 21.7 Å². The molecule has 2 heterocycles. The molecular weight excluding hydrogens is 379 g/mol. The van der Waals surface area contributed by atoms with E-state index in [9.17, 15) is 9.18 Å². The van der Waals surface area contributed by atoms with E-state index in [-0.39, 0.29) is 29.7 Å². The molecule has 0 radical (unpaired) electrons. The molecule has 7 heteroatoms. The summed E-state index contributed by atoms with van der Waals surface area (Å²) in [7, 11) is 0. The number of carbonyl (C=O) groups excluding carboxylic acids is 1. The van der Waals surface area contributed by atoms with Crippen molar-refractivity contribution in [3.63, 3.8) is 0 Å². The van der Waals surface area contributed by atoms with E-state index in [0.29, 0.717) is 17.4 Å². The summed E-state index contributed by atoms with van der Waals surface area (Å²) in [6.07, 6.45) is 2.05. The fraction of sp³-hybridized carbons (Fsp3) is 0.286. The fourth-order valence-corrected chi connectivity index (χ4v) is 3.78. The van der Waals surface area contributed by atoms with E-state index >= 15 is 0 Å². The molecule has 3 aromatic rings. The summed E-state index contributed by atoms with van der Waals surface area (Å²) in [6, 6.07) is 13.5. The van der Waals surface area contributed by atoms with E-state index in [0.717, 1.165) is 11.1 Å². The van der Waals surface area contributed by atoms with Crippen LogP contribution >= 0.6 is 11.6 Å². The highest BCUT2D eigenvalue weighted by Crippen LogP contribution is 2.42. The number of benzene rings is 2. The monoisotopic (exact) mass is 398 g/mol. The molecule has 4 rings (SSSR count). The lowest BCUT2D eigenvalue weighted by Gasteiger charge is -2.39. The van der Waals surface area contributed by atoms with E-state index in [1.165, 1.54) is 18.5 Å². The number of rotatable bonds is 3. The third-order valence-electron chi connectivity index (χ3n) is 5.06. The second-order valence-electron chi connectivity index (χ2n) is 7.24. The zero-order valence-corrected chi connectivity index (χ0v) is 16.3. The molecule has 1 aromatic heterocycles. The first-order valence-corrected chi connectivity index (χ1v) is 9.57. The van der Waals surface area contributed by atoms with Crippen molar-refractivity contribution in [1.82, 2.24) is 14.8 Å². The molecular formula is C21H20ClFN4O. The average Bonchev–Trinajstić information content (AvgIpc) is 3.17. The van der Waals surface area contributed by atoms with Gasteiger partial charge in [0, 0.05) is 10.9 Å². The maximum absolute atomic E-state index is 13.4. The van der Waals surface area contributed by atoms with Gasteiger partial charge in [-0.2, -0.15) is 10.1 Å².